The molecule has 0 radical (unpaired) electrons. The van der Waals surface area contributed by atoms with E-state index in [2.05, 4.69) is 15.2 Å². The molecule has 1 heterocycles. The predicted molar refractivity (Wildman–Crippen MR) is 82.1 cm³/mol. The van der Waals surface area contributed by atoms with Crippen LogP contribution in [0.5, 0.6) is 11.6 Å². The van der Waals surface area contributed by atoms with Crippen LogP contribution in [0.4, 0.5) is 11.4 Å². The molecule has 0 aliphatic carbocycles. The number of halogens is 1. The van der Waals surface area contributed by atoms with Crippen molar-refractivity contribution in [2.75, 3.05) is 7.11 Å². The van der Waals surface area contributed by atoms with Crippen molar-refractivity contribution >= 4 is 33.9 Å². The van der Waals surface area contributed by atoms with Gasteiger partial charge in [-0.15, -0.1) is 5.11 Å². The van der Waals surface area contributed by atoms with Crippen LogP contribution in [0.25, 0.3) is 10.9 Å². The molecular weight excluding hydrogens is 290 g/mol. The number of benzene rings is 2. The molecule has 21 heavy (non-hydrogen) atoms. The van der Waals surface area contributed by atoms with Crippen LogP contribution >= 0.6 is 11.6 Å². The second kappa shape index (κ2) is 5.46. The lowest BCUT2D eigenvalue weighted by Crippen LogP contribution is -1.80. The molecule has 3 aromatic rings. The van der Waals surface area contributed by atoms with Gasteiger partial charge in [-0.1, -0.05) is 11.6 Å². The molecule has 2 N–H and O–H groups in total. The van der Waals surface area contributed by atoms with E-state index in [0.717, 1.165) is 10.9 Å². The Morgan fingerprint density at radius 1 is 1.10 bits per heavy atom. The minimum Gasteiger partial charge on any atom is -0.497 e. The number of ether oxygens (including phenoxy) is 1. The summed E-state index contributed by atoms with van der Waals surface area (Å²) in [4.78, 5) is 2.85. The van der Waals surface area contributed by atoms with E-state index >= 15 is 0 Å². The molecule has 0 unspecified atom stereocenters. The summed E-state index contributed by atoms with van der Waals surface area (Å²) in [5, 5.41) is 19.5. The van der Waals surface area contributed by atoms with E-state index in [9.17, 15) is 5.11 Å². The van der Waals surface area contributed by atoms with E-state index in [1.807, 2.05) is 6.07 Å². The van der Waals surface area contributed by atoms with E-state index in [4.69, 9.17) is 16.3 Å². The number of hydrogen-bond donors (Lipinski definition) is 2. The fraction of sp³-hybridized carbons (Fsp3) is 0.0667. The topological polar surface area (TPSA) is 70.0 Å². The van der Waals surface area contributed by atoms with Crippen molar-refractivity contribution in [1.82, 2.24) is 4.98 Å². The summed E-state index contributed by atoms with van der Waals surface area (Å²) < 4.78 is 5.18. The number of aromatic nitrogens is 1. The number of nitrogens with one attached hydrogen (secondary N) is 1. The first-order chi connectivity index (χ1) is 10.2. The number of nitrogens with zero attached hydrogens (tertiary/aromatic N) is 2. The molecule has 106 valence electrons. The lowest BCUT2D eigenvalue weighted by molar-refractivity contribution is 0.415. The van der Waals surface area contributed by atoms with Crippen LogP contribution in [0.2, 0.25) is 5.02 Å². The van der Waals surface area contributed by atoms with Crippen molar-refractivity contribution in [3.8, 4) is 11.6 Å². The van der Waals surface area contributed by atoms with Gasteiger partial charge in [0.05, 0.1) is 18.3 Å². The Hall–Kier alpha value is -2.53. The van der Waals surface area contributed by atoms with Crippen molar-refractivity contribution in [3.05, 3.63) is 47.5 Å². The summed E-state index contributed by atoms with van der Waals surface area (Å²) in [5.41, 5.74) is 1.79. The van der Waals surface area contributed by atoms with Gasteiger partial charge in [-0.3, -0.25) is 0 Å². The molecule has 0 aliphatic heterocycles. The first-order valence-electron chi connectivity index (χ1n) is 6.23. The van der Waals surface area contributed by atoms with Crippen LogP contribution in [-0.4, -0.2) is 17.2 Å². The largest absolute Gasteiger partial charge is 0.497 e. The molecule has 0 atom stereocenters. The maximum Gasteiger partial charge on any atom is 0.218 e. The first-order valence-corrected chi connectivity index (χ1v) is 6.61. The maximum atomic E-state index is 9.95. The van der Waals surface area contributed by atoms with Crippen molar-refractivity contribution in [2.24, 2.45) is 10.2 Å². The van der Waals surface area contributed by atoms with Gasteiger partial charge in [0.1, 0.15) is 5.75 Å². The number of azo groups is 1. The summed E-state index contributed by atoms with van der Waals surface area (Å²) in [6.45, 7) is 0. The molecule has 0 saturated heterocycles. The third kappa shape index (κ3) is 2.68. The Kier molecular flexibility index (Phi) is 3.50. The summed E-state index contributed by atoms with van der Waals surface area (Å²) in [6.07, 6.45) is 0. The highest BCUT2D eigenvalue weighted by Gasteiger charge is 2.11. The van der Waals surface area contributed by atoms with Gasteiger partial charge in [-0.05, 0) is 42.5 Å². The van der Waals surface area contributed by atoms with Crippen molar-refractivity contribution < 1.29 is 9.84 Å². The van der Waals surface area contributed by atoms with Gasteiger partial charge in [0, 0.05) is 10.4 Å². The third-order valence-corrected chi connectivity index (χ3v) is 3.30. The minimum absolute atomic E-state index is 0.0315. The molecule has 5 nitrogen and oxygen atoms in total. The Morgan fingerprint density at radius 3 is 2.57 bits per heavy atom. The normalized spacial score (nSPS) is 11.3. The molecular formula is C15H12ClN3O2. The lowest BCUT2D eigenvalue weighted by Gasteiger charge is -1.98. The summed E-state index contributed by atoms with van der Waals surface area (Å²) >= 11 is 5.82. The Morgan fingerprint density at radius 2 is 1.86 bits per heavy atom. The van der Waals surface area contributed by atoms with Crippen molar-refractivity contribution in [1.29, 1.82) is 0 Å². The summed E-state index contributed by atoms with van der Waals surface area (Å²) in [7, 11) is 1.59. The molecule has 0 saturated carbocycles. The van der Waals surface area contributed by atoms with Gasteiger partial charge >= 0.3 is 0 Å². The quantitative estimate of drug-likeness (QED) is 0.672. The molecule has 1 aromatic heterocycles. The molecule has 0 fully saturated rings. The number of hydrogen-bond acceptors (Lipinski definition) is 4. The fourth-order valence-corrected chi connectivity index (χ4v) is 2.11. The van der Waals surface area contributed by atoms with Gasteiger partial charge < -0.3 is 14.8 Å². The molecule has 3 rings (SSSR count). The van der Waals surface area contributed by atoms with E-state index in [1.165, 1.54) is 0 Å². The zero-order valence-corrected chi connectivity index (χ0v) is 11.9. The van der Waals surface area contributed by atoms with Crippen LogP contribution in [-0.2, 0) is 0 Å². The second-order valence-electron chi connectivity index (χ2n) is 4.41. The zero-order valence-electron chi connectivity index (χ0n) is 11.2. The molecule has 0 spiro atoms. The molecule has 6 heteroatoms. The van der Waals surface area contributed by atoms with Crippen LogP contribution in [0.15, 0.2) is 52.7 Å². The third-order valence-electron chi connectivity index (χ3n) is 3.05. The predicted octanol–water partition coefficient (Wildman–Crippen LogP) is 4.95. The minimum atomic E-state index is -0.0315. The number of methoxy groups -OCH3 is 1. The number of fused-ring (bicyclic) bond motifs is 1. The van der Waals surface area contributed by atoms with Gasteiger partial charge in [-0.2, -0.15) is 5.11 Å². The van der Waals surface area contributed by atoms with E-state index < -0.39 is 0 Å². The summed E-state index contributed by atoms with van der Waals surface area (Å²) in [5.74, 6) is 0.653. The van der Waals surface area contributed by atoms with Gasteiger partial charge in [-0.25, -0.2) is 0 Å². The van der Waals surface area contributed by atoms with E-state index in [-0.39, 0.29) is 5.88 Å². The second-order valence-corrected chi connectivity index (χ2v) is 4.85. The van der Waals surface area contributed by atoms with Gasteiger partial charge in [0.15, 0.2) is 5.69 Å². The molecule has 0 amide bonds. The van der Waals surface area contributed by atoms with Crippen LogP contribution < -0.4 is 4.74 Å². The number of aromatic hydroxyl groups is 1. The maximum absolute atomic E-state index is 9.95. The molecule has 2 aromatic carbocycles. The van der Waals surface area contributed by atoms with Crippen molar-refractivity contribution in [2.45, 2.75) is 0 Å². The Labute approximate surface area is 125 Å². The summed E-state index contributed by atoms with van der Waals surface area (Å²) in [6, 6.07) is 12.4. The van der Waals surface area contributed by atoms with E-state index in [0.29, 0.717) is 22.1 Å². The van der Waals surface area contributed by atoms with Crippen LogP contribution in [0.3, 0.4) is 0 Å². The zero-order chi connectivity index (χ0) is 14.8. The lowest BCUT2D eigenvalue weighted by atomic mass is 10.2. The number of rotatable bonds is 3. The SMILES string of the molecule is COc1ccc2[nH]c(O)c(N=Nc3ccc(Cl)cc3)c2c1. The number of H-pyrrole nitrogens is 1. The fourth-order valence-electron chi connectivity index (χ4n) is 1.99. The average Bonchev–Trinajstić information content (AvgIpc) is 2.81. The Bertz CT molecular complexity index is 810. The molecule has 0 bridgehead atoms. The van der Waals surface area contributed by atoms with Gasteiger partial charge in [0.2, 0.25) is 5.88 Å². The van der Waals surface area contributed by atoms with Gasteiger partial charge in [0.25, 0.3) is 0 Å². The average molecular weight is 302 g/mol. The monoisotopic (exact) mass is 301 g/mol. The highest BCUT2D eigenvalue weighted by atomic mass is 35.5. The van der Waals surface area contributed by atoms with Crippen LogP contribution in [0.1, 0.15) is 0 Å². The Balaban J connectivity index is 2.03. The highest BCUT2D eigenvalue weighted by molar-refractivity contribution is 6.30. The van der Waals surface area contributed by atoms with Crippen LogP contribution in [0, 0.1) is 0 Å². The smallest absolute Gasteiger partial charge is 0.218 e. The van der Waals surface area contributed by atoms with E-state index in [1.54, 1.807) is 43.5 Å². The number of aromatic amines is 1. The molecule has 0 aliphatic rings. The van der Waals surface area contributed by atoms with Crippen molar-refractivity contribution in [3.63, 3.8) is 0 Å². The highest BCUT2D eigenvalue weighted by Crippen LogP contribution is 2.38. The standard InChI is InChI=1S/C15H12ClN3O2/c1-21-11-6-7-13-12(8-11)14(15(20)17-13)19-18-10-4-2-9(16)3-5-10/h2-8,17,20H,1H3. The first kappa shape index (κ1) is 13.5.